The molecule has 3 aromatic heterocycles. The predicted molar refractivity (Wildman–Crippen MR) is 117 cm³/mol. The van der Waals surface area contributed by atoms with Gasteiger partial charge in [0, 0.05) is 50.2 Å². The van der Waals surface area contributed by atoms with Gasteiger partial charge in [0.2, 0.25) is 10.1 Å². The Morgan fingerprint density at radius 3 is 2.76 bits per heavy atom. The van der Waals surface area contributed by atoms with Crippen molar-refractivity contribution in [3.63, 3.8) is 0 Å². The SMILES string of the molecule is CCC1CN(c2nn3cc(-c4cccnc4)nc3s2)CCN1Cc1ccccc1. The number of aromatic nitrogens is 4. The van der Waals surface area contributed by atoms with Crippen molar-refractivity contribution in [2.45, 2.75) is 25.9 Å². The lowest BCUT2D eigenvalue weighted by atomic mass is 10.1. The predicted octanol–water partition coefficient (Wildman–Crippen LogP) is 3.95. The van der Waals surface area contributed by atoms with Crippen LogP contribution in [0, 0.1) is 0 Å². The van der Waals surface area contributed by atoms with E-state index in [0.29, 0.717) is 6.04 Å². The van der Waals surface area contributed by atoms with Crippen LogP contribution in [-0.2, 0) is 6.54 Å². The second-order valence-electron chi connectivity index (χ2n) is 7.44. The zero-order valence-corrected chi connectivity index (χ0v) is 17.3. The van der Waals surface area contributed by atoms with Crippen LogP contribution in [0.25, 0.3) is 16.2 Å². The molecule has 0 saturated carbocycles. The average Bonchev–Trinajstić information content (AvgIpc) is 3.35. The largest absolute Gasteiger partial charge is 0.344 e. The molecule has 0 radical (unpaired) electrons. The monoisotopic (exact) mass is 404 g/mol. The van der Waals surface area contributed by atoms with E-state index >= 15 is 0 Å². The Morgan fingerprint density at radius 2 is 2.00 bits per heavy atom. The minimum absolute atomic E-state index is 0.533. The molecule has 1 aromatic carbocycles. The molecular formula is C22H24N6S. The van der Waals surface area contributed by atoms with Gasteiger partial charge in [-0.15, -0.1) is 5.10 Å². The van der Waals surface area contributed by atoms with Gasteiger partial charge in [0.25, 0.3) is 0 Å². The van der Waals surface area contributed by atoms with Crippen molar-refractivity contribution in [3.8, 4) is 11.3 Å². The maximum absolute atomic E-state index is 4.82. The molecule has 7 heteroatoms. The Labute approximate surface area is 174 Å². The Kier molecular flexibility index (Phi) is 4.99. The summed E-state index contributed by atoms with van der Waals surface area (Å²) >= 11 is 1.66. The second-order valence-corrected chi connectivity index (χ2v) is 8.38. The first-order valence-corrected chi connectivity index (χ1v) is 10.9. The van der Waals surface area contributed by atoms with E-state index in [9.17, 15) is 0 Å². The Morgan fingerprint density at radius 1 is 1.10 bits per heavy atom. The molecule has 1 fully saturated rings. The number of hydrogen-bond acceptors (Lipinski definition) is 6. The van der Waals surface area contributed by atoms with Gasteiger partial charge in [-0.25, -0.2) is 9.50 Å². The van der Waals surface area contributed by atoms with E-state index in [1.165, 1.54) is 5.56 Å². The zero-order valence-electron chi connectivity index (χ0n) is 16.5. The molecule has 148 valence electrons. The molecule has 29 heavy (non-hydrogen) atoms. The normalized spacial score (nSPS) is 17.8. The summed E-state index contributed by atoms with van der Waals surface area (Å²) in [7, 11) is 0. The van der Waals surface area contributed by atoms with E-state index < -0.39 is 0 Å². The molecule has 4 aromatic rings. The fourth-order valence-electron chi connectivity index (χ4n) is 3.95. The van der Waals surface area contributed by atoms with Crippen molar-refractivity contribution in [3.05, 3.63) is 66.6 Å². The number of anilines is 1. The van der Waals surface area contributed by atoms with Crippen molar-refractivity contribution in [1.29, 1.82) is 0 Å². The zero-order chi connectivity index (χ0) is 19.6. The highest BCUT2D eigenvalue weighted by molar-refractivity contribution is 7.20. The lowest BCUT2D eigenvalue weighted by Gasteiger charge is -2.41. The van der Waals surface area contributed by atoms with Crippen LogP contribution in [0.2, 0.25) is 0 Å². The number of fused-ring (bicyclic) bond motifs is 1. The van der Waals surface area contributed by atoms with Gasteiger partial charge >= 0.3 is 0 Å². The van der Waals surface area contributed by atoms with Gasteiger partial charge < -0.3 is 4.90 Å². The van der Waals surface area contributed by atoms with Crippen LogP contribution in [0.3, 0.4) is 0 Å². The van der Waals surface area contributed by atoms with Gasteiger partial charge in [-0.3, -0.25) is 9.88 Å². The van der Waals surface area contributed by atoms with Crippen LogP contribution < -0.4 is 4.90 Å². The van der Waals surface area contributed by atoms with Crippen LogP contribution in [0.1, 0.15) is 18.9 Å². The molecule has 1 atom stereocenters. The van der Waals surface area contributed by atoms with Gasteiger partial charge in [0.05, 0.1) is 11.9 Å². The fourth-order valence-corrected chi connectivity index (χ4v) is 4.87. The third kappa shape index (κ3) is 3.75. The molecule has 0 N–H and O–H groups in total. The van der Waals surface area contributed by atoms with E-state index in [1.54, 1.807) is 17.5 Å². The van der Waals surface area contributed by atoms with Gasteiger partial charge in [-0.05, 0) is 24.1 Å². The molecule has 5 rings (SSSR count). The summed E-state index contributed by atoms with van der Waals surface area (Å²) in [6, 6.07) is 15.3. The second kappa shape index (κ2) is 7.93. The van der Waals surface area contributed by atoms with E-state index in [4.69, 9.17) is 10.1 Å². The molecule has 1 aliphatic heterocycles. The van der Waals surface area contributed by atoms with E-state index in [2.05, 4.69) is 52.0 Å². The van der Waals surface area contributed by atoms with Crippen LogP contribution in [-0.4, -0.2) is 50.2 Å². The first-order chi connectivity index (χ1) is 14.3. The average molecular weight is 405 g/mol. The summed E-state index contributed by atoms with van der Waals surface area (Å²) in [5, 5.41) is 5.88. The molecule has 1 saturated heterocycles. The van der Waals surface area contributed by atoms with Gasteiger partial charge in [-0.1, -0.05) is 48.6 Å². The number of nitrogens with zero attached hydrogens (tertiary/aromatic N) is 6. The minimum atomic E-state index is 0.533. The lowest BCUT2D eigenvalue weighted by molar-refractivity contribution is 0.163. The maximum atomic E-state index is 4.82. The van der Waals surface area contributed by atoms with Crippen molar-refractivity contribution in [1.82, 2.24) is 24.5 Å². The van der Waals surface area contributed by atoms with Crippen molar-refractivity contribution < 1.29 is 0 Å². The number of hydrogen-bond donors (Lipinski definition) is 0. The van der Waals surface area contributed by atoms with Gasteiger partial charge in [0.1, 0.15) is 0 Å². The van der Waals surface area contributed by atoms with Crippen molar-refractivity contribution >= 4 is 21.4 Å². The van der Waals surface area contributed by atoms with Crippen LogP contribution in [0.15, 0.2) is 61.1 Å². The van der Waals surface area contributed by atoms with Crippen molar-refractivity contribution in [2.24, 2.45) is 0 Å². The summed E-state index contributed by atoms with van der Waals surface area (Å²) < 4.78 is 1.90. The summed E-state index contributed by atoms with van der Waals surface area (Å²) in [5.41, 5.74) is 3.32. The number of piperazine rings is 1. The van der Waals surface area contributed by atoms with Crippen LogP contribution in [0.4, 0.5) is 5.13 Å². The summed E-state index contributed by atoms with van der Waals surface area (Å²) in [5.74, 6) is 0. The van der Waals surface area contributed by atoms with E-state index in [1.807, 2.05) is 29.0 Å². The third-order valence-corrected chi connectivity index (χ3v) is 6.55. The van der Waals surface area contributed by atoms with E-state index in [0.717, 1.165) is 53.9 Å². The highest BCUT2D eigenvalue weighted by Gasteiger charge is 2.28. The van der Waals surface area contributed by atoms with E-state index in [-0.39, 0.29) is 0 Å². The Bertz CT molecular complexity index is 1040. The Balaban J connectivity index is 1.31. The van der Waals surface area contributed by atoms with Gasteiger partial charge in [0.15, 0.2) is 0 Å². The first-order valence-electron chi connectivity index (χ1n) is 10.1. The van der Waals surface area contributed by atoms with Crippen molar-refractivity contribution in [2.75, 3.05) is 24.5 Å². The molecule has 0 bridgehead atoms. The highest BCUT2D eigenvalue weighted by Crippen LogP contribution is 2.28. The molecule has 1 aliphatic rings. The number of imidazole rings is 1. The molecule has 1 unspecified atom stereocenters. The molecule has 0 spiro atoms. The fraction of sp³-hybridized carbons (Fsp3) is 0.318. The number of benzene rings is 1. The highest BCUT2D eigenvalue weighted by atomic mass is 32.1. The maximum Gasteiger partial charge on any atom is 0.214 e. The van der Waals surface area contributed by atoms with Gasteiger partial charge in [-0.2, -0.15) is 0 Å². The lowest BCUT2D eigenvalue weighted by Crippen LogP contribution is -2.52. The third-order valence-electron chi connectivity index (χ3n) is 5.56. The molecule has 0 aliphatic carbocycles. The van der Waals surface area contributed by atoms with Crippen LogP contribution >= 0.6 is 11.3 Å². The summed E-state index contributed by atoms with van der Waals surface area (Å²) in [6.45, 7) is 6.35. The van der Waals surface area contributed by atoms with Crippen LogP contribution in [0.5, 0.6) is 0 Å². The Hall–Kier alpha value is -2.77. The summed E-state index contributed by atoms with van der Waals surface area (Å²) in [6.07, 6.45) is 6.75. The topological polar surface area (TPSA) is 49.6 Å². The standard InChI is InChI=1S/C22H24N6S/c1-2-19-15-27(12-11-26(19)14-17-7-4-3-5-8-17)22-25-28-16-20(24-21(28)29-22)18-9-6-10-23-13-18/h3-10,13,16,19H,2,11-12,14-15H2,1H3. The molecule has 4 heterocycles. The summed E-state index contributed by atoms with van der Waals surface area (Å²) in [4.78, 5) is 14.9. The first kappa shape index (κ1) is 18.3. The number of pyridine rings is 1. The molecular weight excluding hydrogens is 380 g/mol. The quantitative estimate of drug-likeness (QED) is 0.504. The molecule has 0 amide bonds. The smallest absolute Gasteiger partial charge is 0.214 e. The number of rotatable bonds is 5. The minimum Gasteiger partial charge on any atom is -0.344 e. The molecule has 6 nitrogen and oxygen atoms in total.